The van der Waals surface area contributed by atoms with Gasteiger partial charge in [-0.3, -0.25) is 0 Å². The highest BCUT2D eigenvalue weighted by molar-refractivity contribution is 5.56. The Kier molecular flexibility index (Phi) is 2.85. The summed E-state index contributed by atoms with van der Waals surface area (Å²) >= 11 is 0. The van der Waals surface area contributed by atoms with Crippen LogP contribution < -0.4 is 10.6 Å². The average Bonchev–Trinajstić information content (AvgIpc) is 2.17. The molecular weight excluding hydrogens is 184 g/mol. The zero-order valence-corrected chi connectivity index (χ0v) is 9.61. The molecule has 0 saturated carbocycles. The first-order valence-electron chi connectivity index (χ1n) is 5.79. The fourth-order valence-corrected chi connectivity index (χ4v) is 2.49. The van der Waals surface area contributed by atoms with E-state index in [9.17, 15) is 0 Å². The molecule has 0 bridgehead atoms. The van der Waals surface area contributed by atoms with Crippen LogP contribution in [0, 0.1) is 5.92 Å². The van der Waals surface area contributed by atoms with Gasteiger partial charge in [-0.15, -0.1) is 0 Å². The van der Waals surface area contributed by atoms with Gasteiger partial charge in [-0.1, -0.05) is 13.0 Å². The van der Waals surface area contributed by atoms with Crippen molar-refractivity contribution in [2.45, 2.75) is 32.7 Å². The molecule has 1 aliphatic heterocycles. The highest BCUT2D eigenvalue weighted by atomic mass is 15.2. The predicted molar refractivity (Wildman–Crippen MR) is 66.1 cm³/mol. The Morgan fingerprint density at radius 2 is 2.13 bits per heavy atom. The van der Waals surface area contributed by atoms with Crippen molar-refractivity contribution >= 4 is 11.4 Å². The molecule has 2 N–H and O–H groups in total. The van der Waals surface area contributed by atoms with E-state index in [0.717, 1.165) is 18.2 Å². The zero-order valence-electron chi connectivity index (χ0n) is 9.61. The van der Waals surface area contributed by atoms with E-state index in [1.165, 1.54) is 18.5 Å². The molecule has 1 aliphatic rings. The van der Waals surface area contributed by atoms with Gasteiger partial charge in [0.25, 0.3) is 0 Å². The van der Waals surface area contributed by atoms with E-state index in [4.69, 9.17) is 5.73 Å². The summed E-state index contributed by atoms with van der Waals surface area (Å²) < 4.78 is 0. The van der Waals surface area contributed by atoms with E-state index in [-0.39, 0.29) is 0 Å². The molecule has 2 rings (SSSR count). The summed E-state index contributed by atoms with van der Waals surface area (Å²) in [5, 5.41) is 0. The van der Waals surface area contributed by atoms with Crippen LogP contribution in [-0.2, 0) is 0 Å². The third-order valence-electron chi connectivity index (χ3n) is 3.34. The number of nitrogen functional groups attached to an aromatic ring is 1. The van der Waals surface area contributed by atoms with E-state index in [2.05, 4.69) is 30.9 Å². The van der Waals surface area contributed by atoms with Crippen LogP contribution in [0.25, 0.3) is 0 Å². The number of hydrogen-bond donors (Lipinski definition) is 1. The molecular formula is C13H20N2. The molecule has 82 valence electrons. The Morgan fingerprint density at radius 3 is 2.80 bits per heavy atom. The smallest absolute Gasteiger partial charge is 0.0389 e. The fourth-order valence-electron chi connectivity index (χ4n) is 2.49. The monoisotopic (exact) mass is 204 g/mol. The van der Waals surface area contributed by atoms with Crippen LogP contribution in [0.2, 0.25) is 0 Å². The van der Waals surface area contributed by atoms with Crippen molar-refractivity contribution < 1.29 is 0 Å². The Morgan fingerprint density at radius 1 is 1.33 bits per heavy atom. The Labute approximate surface area is 92.1 Å². The number of anilines is 2. The van der Waals surface area contributed by atoms with Crippen molar-refractivity contribution in [3.8, 4) is 0 Å². The van der Waals surface area contributed by atoms with Crippen molar-refractivity contribution in [3.05, 3.63) is 24.3 Å². The van der Waals surface area contributed by atoms with Gasteiger partial charge in [0, 0.05) is 24.0 Å². The van der Waals surface area contributed by atoms with E-state index in [1.54, 1.807) is 0 Å². The van der Waals surface area contributed by atoms with E-state index in [0.29, 0.717) is 6.04 Å². The molecule has 1 heterocycles. The van der Waals surface area contributed by atoms with Gasteiger partial charge in [-0.2, -0.15) is 0 Å². The number of nitrogens with two attached hydrogens (primary N) is 1. The van der Waals surface area contributed by atoms with Gasteiger partial charge in [0.1, 0.15) is 0 Å². The van der Waals surface area contributed by atoms with Crippen molar-refractivity contribution in [2.75, 3.05) is 17.2 Å². The molecule has 0 aromatic heterocycles. The molecule has 15 heavy (non-hydrogen) atoms. The van der Waals surface area contributed by atoms with Gasteiger partial charge in [0.15, 0.2) is 0 Å². The molecule has 1 saturated heterocycles. The molecule has 2 nitrogen and oxygen atoms in total. The highest BCUT2D eigenvalue weighted by Crippen LogP contribution is 2.28. The lowest BCUT2D eigenvalue weighted by Crippen LogP contribution is -2.40. The molecule has 1 fully saturated rings. The summed E-state index contributed by atoms with van der Waals surface area (Å²) in [6, 6.07) is 8.85. The van der Waals surface area contributed by atoms with Gasteiger partial charge in [-0.25, -0.2) is 0 Å². The standard InChI is InChI=1S/C13H20N2/c1-10-6-7-15(11(2)8-10)13-5-3-4-12(14)9-13/h3-5,9-11H,6-8,14H2,1-2H3. The lowest BCUT2D eigenvalue weighted by molar-refractivity contribution is 0.378. The van der Waals surface area contributed by atoms with Crippen LogP contribution in [0.15, 0.2) is 24.3 Å². The summed E-state index contributed by atoms with van der Waals surface area (Å²) in [6.45, 7) is 5.80. The number of piperidine rings is 1. The lowest BCUT2D eigenvalue weighted by atomic mass is 9.93. The first-order valence-corrected chi connectivity index (χ1v) is 5.79. The maximum atomic E-state index is 5.81. The van der Waals surface area contributed by atoms with Crippen molar-refractivity contribution in [3.63, 3.8) is 0 Å². The van der Waals surface area contributed by atoms with Gasteiger partial charge < -0.3 is 10.6 Å². The van der Waals surface area contributed by atoms with E-state index in [1.807, 2.05) is 12.1 Å². The minimum atomic E-state index is 0.635. The van der Waals surface area contributed by atoms with Crippen molar-refractivity contribution in [1.29, 1.82) is 0 Å². The maximum absolute atomic E-state index is 5.81. The second-order valence-electron chi connectivity index (χ2n) is 4.77. The molecule has 0 spiro atoms. The van der Waals surface area contributed by atoms with Gasteiger partial charge in [0.2, 0.25) is 0 Å². The quantitative estimate of drug-likeness (QED) is 0.713. The second-order valence-corrected chi connectivity index (χ2v) is 4.77. The van der Waals surface area contributed by atoms with Crippen LogP contribution in [-0.4, -0.2) is 12.6 Å². The number of benzene rings is 1. The molecule has 2 atom stereocenters. The molecule has 0 aliphatic carbocycles. The van der Waals surface area contributed by atoms with Crippen LogP contribution in [0.4, 0.5) is 11.4 Å². The summed E-state index contributed by atoms with van der Waals surface area (Å²) in [7, 11) is 0. The van der Waals surface area contributed by atoms with Crippen molar-refractivity contribution in [1.82, 2.24) is 0 Å². The highest BCUT2D eigenvalue weighted by Gasteiger charge is 2.22. The second kappa shape index (κ2) is 4.13. The number of hydrogen-bond acceptors (Lipinski definition) is 2. The molecule has 1 aromatic carbocycles. The van der Waals surface area contributed by atoms with Crippen LogP contribution >= 0.6 is 0 Å². The topological polar surface area (TPSA) is 29.3 Å². The van der Waals surface area contributed by atoms with Gasteiger partial charge in [0.05, 0.1) is 0 Å². The van der Waals surface area contributed by atoms with E-state index >= 15 is 0 Å². The van der Waals surface area contributed by atoms with Crippen molar-refractivity contribution in [2.24, 2.45) is 5.92 Å². The summed E-state index contributed by atoms with van der Waals surface area (Å²) in [5.74, 6) is 0.859. The summed E-state index contributed by atoms with van der Waals surface area (Å²) in [5.41, 5.74) is 7.94. The molecule has 0 radical (unpaired) electrons. The van der Waals surface area contributed by atoms with Gasteiger partial charge in [-0.05, 0) is 43.9 Å². The fraction of sp³-hybridized carbons (Fsp3) is 0.538. The lowest BCUT2D eigenvalue weighted by Gasteiger charge is -2.38. The molecule has 2 heteroatoms. The Balaban J connectivity index is 2.17. The predicted octanol–water partition coefficient (Wildman–Crippen LogP) is 2.89. The normalized spacial score (nSPS) is 26.7. The number of nitrogens with zero attached hydrogens (tertiary/aromatic N) is 1. The maximum Gasteiger partial charge on any atom is 0.0389 e. The van der Waals surface area contributed by atoms with Crippen LogP contribution in [0.5, 0.6) is 0 Å². The molecule has 1 aromatic rings. The average molecular weight is 204 g/mol. The largest absolute Gasteiger partial charge is 0.399 e. The van der Waals surface area contributed by atoms with Gasteiger partial charge >= 0.3 is 0 Å². The first-order chi connectivity index (χ1) is 7.16. The zero-order chi connectivity index (χ0) is 10.8. The van der Waals surface area contributed by atoms with Crippen LogP contribution in [0.1, 0.15) is 26.7 Å². The third-order valence-corrected chi connectivity index (χ3v) is 3.34. The summed E-state index contributed by atoms with van der Waals surface area (Å²) in [4.78, 5) is 2.47. The third kappa shape index (κ3) is 2.25. The minimum Gasteiger partial charge on any atom is -0.399 e. The first kappa shape index (κ1) is 10.3. The SMILES string of the molecule is CC1CCN(c2cccc(N)c2)C(C)C1. The minimum absolute atomic E-state index is 0.635. The molecule has 2 unspecified atom stereocenters. The van der Waals surface area contributed by atoms with E-state index < -0.39 is 0 Å². The number of rotatable bonds is 1. The Bertz CT molecular complexity index is 335. The summed E-state index contributed by atoms with van der Waals surface area (Å²) in [6.07, 6.45) is 2.58. The van der Waals surface area contributed by atoms with Crippen LogP contribution in [0.3, 0.4) is 0 Å². The molecule has 0 amide bonds. The Hall–Kier alpha value is -1.18.